The molecule has 0 bridgehead atoms. The van der Waals surface area contributed by atoms with Crippen LogP contribution in [-0.2, 0) is 0 Å². The van der Waals surface area contributed by atoms with Crippen molar-refractivity contribution in [3.8, 4) is 6.07 Å². The zero-order chi connectivity index (χ0) is 9.54. The molecule has 0 aliphatic heterocycles. The second-order valence-corrected chi connectivity index (χ2v) is 4.38. The predicted molar refractivity (Wildman–Crippen MR) is 51.6 cm³/mol. The molecular weight excluding hydrogens is 174 g/mol. The van der Waals surface area contributed by atoms with Gasteiger partial charge in [-0.25, -0.2) is 0 Å². The quantitative estimate of drug-likeness (QED) is 0.712. The first-order valence-electron chi connectivity index (χ1n) is 5.33. The molecule has 72 valence electrons. The van der Waals surface area contributed by atoms with Gasteiger partial charge in [0.2, 0.25) is 0 Å². The van der Waals surface area contributed by atoms with E-state index in [0.717, 1.165) is 12.1 Å². The fourth-order valence-corrected chi connectivity index (χ4v) is 2.07. The highest BCUT2D eigenvalue weighted by Crippen LogP contribution is 2.46. The van der Waals surface area contributed by atoms with Gasteiger partial charge < -0.3 is 0 Å². The summed E-state index contributed by atoms with van der Waals surface area (Å²) in [4.78, 5) is 0. The van der Waals surface area contributed by atoms with Crippen molar-refractivity contribution in [1.29, 1.82) is 5.26 Å². The molecule has 0 saturated heterocycles. The van der Waals surface area contributed by atoms with Gasteiger partial charge in [-0.05, 0) is 31.7 Å². The third-order valence-electron chi connectivity index (χ3n) is 3.41. The smallest absolute Gasteiger partial charge is 0.0669 e. The first kappa shape index (κ1) is 8.05. The zero-order valence-electron chi connectivity index (χ0n) is 8.06. The van der Waals surface area contributed by atoms with Crippen molar-refractivity contribution < 1.29 is 0 Å². The number of nitrogens with zero attached hydrogens (tertiary/aromatic N) is 3. The van der Waals surface area contributed by atoms with Crippen molar-refractivity contribution >= 4 is 0 Å². The van der Waals surface area contributed by atoms with Gasteiger partial charge in [-0.15, -0.1) is 0 Å². The number of aromatic nitrogens is 2. The zero-order valence-corrected chi connectivity index (χ0v) is 8.06. The topological polar surface area (TPSA) is 41.6 Å². The molecule has 2 aliphatic carbocycles. The van der Waals surface area contributed by atoms with Crippen molar-refractivity contribution in [1.82, 2.24) is 9.78 Å². The first-order valence-corrected chi connectivity index (χ1v) is 5.33. The maximum absolute atomic E-state index is 8.73. The average molecular weight is 187 g/mol. The molecule has 0 N–H and O–H groups in total. The van der Waals surface area contributed by atoms with E-state index in [1.807, 2.05) is 0 Å². The molecule has 3 nitrogen and oxygen atoms in total. The third kappa shape index (κ3) is 1.14. The van der Waals surface area contributed by atoms with Crippen LogP contribution in [0.15, 0.2) is 12.3 Å². The Labute approximate surface area is 83.3 Å². The lowest BCUT2D eigenvalue weighted by molar-refractivity contribution is 0.288. The Hall–Kier alpha value is -1.30. The van der Waals surface area contributed by atoms with Crippen molar-refractivity contribution in [2.24, 2.45) is 5.92 Å². The molecule has 2 atom stereocenters. The summed E-state index contributed by atoms with van der Waals surface area (Å²) in [6.45, 7) is 0. The Morgan fingerprint density at radius 3 is 2.93 bits per heavy atom. The van der Waals surface area contributed by atoms with Crippen LogP contribution in [0.25, 0.3) is 0 Å². The Morgan fingerprint density at radius 2 is 2.36 bits per heavy atom. The molecule has 0 radical (unpaired) electrons. The summed E-state index contributed by atoms with van der Waals surface area (Å²) in [6.07, 6.45) is 6.97. The highest BCUT2D eigenvalue weighted by Gasteiger charge is 2.40. The fraction of sp³-hybridized carbons (Fsp3) is 0.636. The minimum absolute atomic E-state index is 0.236. The summed E-state index contributed by atoms with van der Waals surface area (Å²) in [5.74, 6) is 0.668. The Morgan fingerprint density at radius 1 is 1.50 bits per heavy atom. The van der Waals surface area contributed by atoms with Crippen LogP contribution in [0.3, 0.4) is 0 Å². The summed E-state index contributed by atoms with van der Waals surface area (Å²) in [5, 5.41) is 13.3. The van der Waals surface area contributed by atoms with Crippen LogP contribution >= 0.6 is 0 Å². The highest BCUT2D eigenvalue weighted by molar-refractivity contribution is 5.21. The van der Waals surface area contributed by atoms with Gasteiger partial charge in [-0.3, -0.25) is 4.68 Å². The van der Waals surface area contributed by atoms with E-state index in [0.29, 0.717) is 12.0 Å². The van der Waals surface area contributed by atoms with Crippen LogP contribution in [0.1, 0.15) is 43.3 Å². The summed E-state index contributed by atoms with van der Waals surface area (Å²) in [7, 11) is 0. The van der Waals surface area contributed by atoms with Crippen molar-refractivity contribution in [2.75, 3.05) is 0 Å². The molecule has 2 aliphatic rings. The number of nitriles is 1. The number of rotatable bonds is 2. The molecule has 2 unspecified atom stereocenters. The summed E-state index contributed by atoms with van der Waals surface area (Å²) in [6, 6.07) is 5.03. The predicted octanol–water partition coefficient (Wildman–Crippen LogP) is 2.24. The van der Waals surface area contributed by atoms with E-state index in [4.69, 9.17) is 5.26 Å². The molecule has 1 heterocycles. The standard InChI is InChI=1S/C11H13N3/c12-7-8-6-10(8)11-4-5-14(13-11)9-2-1-3-9/h4-5,8-10H,1-3,6H2. The van der Waals surface area contributed by atoms with Crippen molar-refractivity contribution in [3.05, 3.63) is 18.0 Å². The lowest BCUT2D eigenvalue weighted by atomic mass is 9.93. The minimum Gasteiger partial charge on any atom is -0.269 e. The molecule has 2 saturated carbocycles. The number of hydrogen-bond donors (Lipinski definition) is 0. The van der Waals surface area contributed by atoms with E-state index >= 15 is 0 Å². The van der Waals surface area contributed by atoms with E-state index in [2.05, 4.69) is 28.1 Å². The average Bonchev–Trinajstić information content (AvgIpc) is 2.76. The third-order valence-corrected chi connectivity index (χ3v) is 3.41. The van der Waals surface area contributed by atoms with E-state index in [-0.39, 0.29) is 5.92 Å². The molecule has 1 aromatic heterocycles. The normalized spacial score (nSPS) is 30.8. The molecule has 3 rings (SSSR count). The lowest BCUT2D eigenvalue weighted by Gasteiger charge is -2.25. The lowest BCUT2D eigenvalue weighted by Crippen LogP contribution is -2.17. The summed E-state index contributed by atoms with van der Waals surface area (Å²) >= 11 is 0. The first-order chi connectivity index (χ1) is 6.88. The molecule has 0 spiro atoms. The Bertz CT molecular complexity index is 383. The molecule has 14 heavy (non-hydrogen) atoms. The van der Waals surface area contributed by atoms with E-state index in [9.17, 15) is 0 Å². The maximum Gasteiger partial charge on any atom is 0.0669 e. The van der Waals surface area contributed by atoms with Crippen LogP contribution in [0, 0.1) is 17.2 Å². The second-order valence-electron chi connectivity index (χ2n) is 4.38. The fourth-order valence-electron chi connectivity index (χ4n) is 2.07. The maximum atomic E-state index is 8.73. The van der Waals surface area contributed by atoms with Crippen LogP contribution in [-0.4, -0.2) is 9.78 Å². The molecule has 0 amide bonds. The van der Waals surface area contributed by atoms with Gasteiger partial charge in [-0.2, -0.15) is 10.4 Å². The van der Waals surface area contributed by atoms with E-state index in [1.54, 1.807) is 0 Å². The highest BCUT2D eigenvalue weighted by atomic mass is 15.3. The number of hydrogen-bond acceptors (Lipinski definition) is 2. The van der Waals surface area contributed by atoms with Gasteiger partial charge in [0.1, 0.15) is 0 Å². The summed E-state index contributed by atoms with van der Waals surface area (Å²) < 4.78 is 2.09. The van der Waals surface area contributed by atoms with Gasteiger partial charge in [0, 0.05) is 12.1 Å². The molecule has 1 aromatic rings. The van der Waals surface area contributed by atoms with Crippen LogP contribution < -0.4 is 0 Å². The van der Waals surface area contributed by atoms with Crippen LogP contribution in [0.4, 0.5) is 0 Å². The van der Waals surface area contributed by atoms with Gasteiger partial charge in [0.05, 0.1) is 23.7 Å². The monoisotopic (exact) mass is 187 g/mol. The van der Waals surface area contributed by atoms with Gasteiger partial charge in [0.25, 0.3) is 0 Å². The molecular formula is C11H13N3. The van der Waals surface area contributed by atoms with E-state index in [1.165, 1.54) is 19.3 Å². The second kappa shape index (κ2) is 2.84. The Balaban J connectivity index is 1.75. The molecule has 2 fully saturated rings. The molecule has 3 heteroatoms. The largest absolute Gasteiger partial charge is 0.269 e. The minimum atomic E-state index is 0.236. The summed E-state index contributed by atoms with van der Waals surface area (Å²) in [5.41, 5.74) is 1.13. The van der Waals surface area contributed by atoms with Crippen molar-refractivity contribution in [3.63, 3.8) is 0 Å². The molecule has 0 aromatic carbocycles. The van der Waals surface area contributed by atoms with Crippen LogP contribution in [0.5, 0.6) is 0 Å². The van der Waals surface area contributed by atoms with Gasteiger partial charge in [0.15, 0.2) is 0 Å². The Kier molecular flexibility index (Phi) is 1.63. The van der Waals surface area contributed by atoms with Gasteiger partial charge >= 0.3 is 0 Å². The SMILES string of the molecule is N#CC1CC1c1ccn(C2CCC2)n1. The van der Waals surface area contributed by atoms with Gasteiger partial charge in [-0.1, -0.05) is 0 Å². The van der Waals surface area contributed by atoms with Crippen LogP contribution in [0.2, 0.25) is 0 Å². The van der Waals surface area contributed by atoms with Crippen molar-refractivity contribution in [2.45, 2.75) is 37.6 Å². The van der Waals surface area contributed by atoms with E-state index < -0.39 is 0 Å².